The van der Waals surface area contributed by atoms with Gasteiger partial charge in [-0.25, -0.2) is 0 Å². The SMILES string of the molecule is CCOP(C)(=O)[O-].CCOP(C)(=O)[O-].CCOP(C)(=O)[O-].[Al+3]. The second-order valence-electron chi connectivity index (χ2n) is 3.57. The second kappa shape index (κ2) is 15.5. The van der Waals surface area contributed by atoms with E-state index in [0.717, 1.165) is 20.0 Å². The third-order valence-corrected chi connectivity index (χ3v) is 3.27. The minimum atomic E-state index is -3.42. The van der Waals surface area contributed by atoms with E-state index in [9.17, 15) is 28.4 Å². The summed E-state index contributed by atoms with van der Waals surface area (Å²) >= 11 is 0. The molecule has 0 bridgehead atoms. The molecule has 0 heterocycles. The molecule has 0 fully saturated rings. The van der Waals surface area contributed by atoms with Gasteiger partial charge in [0, 0.05) is 20.0 Å². The molecule has 0 saturated carbocycles. The average Bonchev–Trinajstić information content (AvgIpc) is 2.12. The van der Waals surface area contributed by atoms with Gasteiger partial charge in [0.1, 0.15) is 22.8 Å². The van der Waals surface area contributed by atoms with Gasteiger partial charge in [0.05, 0.1) is 19.8 Å². The van der Waals surface area contributed by atoms with E-state index in [1.807, 2.05) is 0 Å². The summed E-state index contributed by atoms with van der Waals surface area (Å²) in [4.78, 5) is 30.1. The molecule has 0 radical (unpaired) electrons. The zero-order valence-electron chi connectivity index (χ0n) is 13.7. The largest absolute Gasteiger partial charge is 3.00 e. The van der Waals surface area contributed by atoms with E-state index in [1.165, 1.54) is 0 Å². The standard InChI is InChI=1S/3C3H9O3P.Al/c3*1-3-6-7(2,4)5;/h3*3H2,1-2H3,(H,4,5);/q;;;+3/p-3. The molecule has 0 aromatic heterocycles. The van der Waals surface area contributed by atoms with Gasteiger partial charge < -0.3 is 41.9 Å². The van der Waals surface area contributed by atoms with Crippen LogP contribution in [-0.2, 0) is 27.3 Å². The molecule has 22 heavy (non-hydrogen) atoms. The van der Waals surface area contributed by atoms with E-state index >= 15 is 0 Å². The van der Waals surface area contributed by atoms with E-state index in [-0.39, 0.29) is 37.2 Å². The third kappa shape index (κ3) is 49.7. The molecule has 0 aliphatic heterocycles. The van der Waals surface area contributed by atoms with Crippen molar-refractivity contribution in [1.29, 1.82) is 0 Å². The van der Waals surface area contributed by atoms with Crippen molar-refractivity contribution in [3.8, 4) is 0 Å². The molecule has 0 amide bonds. The maximum absolute atomic E-state index is 10.0. The van der Waals surface area contributed by atoms with Gasteiger partial charge in [-0.2, -0.15) is 0 Å². The molecular formula is C9H24AlO9P3. The van der Waals surface area contributed by atoms with E-state index in [4.69, 9.17) is 0 Å². The fraction of sp³-hybridized carbons (Fsp3) is 1.00. The van der Waals surface area contributed by atoms with Crippen LogP contribution in [0, 0.1) is 0 Å². The predicted molar refractivity (Wildman–Crippen MR) is 81.2 cm³/mol. The van der Waals surface area contributed by atoms with Gasteiger partial charge in [0.15, 0.2) is 0 Å². The monoisotopic (exact) mass is 396 g/mol. The van der Waals surface area contributed by atoms with Crippen molar-refractivity contribution in [2.75, 3.05) is 39.8 Å². The first-order valence-electron chi connectivity index (χ1n) is 5.97. The smallest absolute Gasteiger partial charge is 0.779 e. The molecule has 0 N–H and O–H groups in total. The van der Waals surface area contributed by atoms with Gasteiger partial charge in [-0.1, -0.05) is 0 Å². The molecule has 0 rings (SSSR count). The molecule has 0 aromatic rings. The van der Waals surface area contributed by atoms with Crippen LogP contribution in [0.1, 0.15) is 20.8 Å². The summed E-state index contributed by atoms with van der Waals surface area (Å²) in [5.74, 6) is 0. The molecule has 0 aliphatic rings. The van der Waals surface area contributed by atoms with Gasteiger partial charge in [0.2, 0.25) is 0 Å². The minimum absolute atomic E-state index is 0. The van der Waals surface area contributed by atoms with Crippen molar-refractivity contribution in [2.24, 2.45) is 0 Å². The summed E-state index contributed by atoms with van der Waals surface area (Å²) in [6, 6.07) is 0. The Morgan fingerprint density at radius 3 is 0.773 bits per heavy atom. The molecule has 0 aliphatic carbocycles. The van der Waals surface area contributed by atoms with Crippen LogP contribution in [-0.4, -0.2) is 57.2 Å². The van der Waals surface area contributed by atoms with Crippen LogP contribution in [0.2, 0.25) is 0 Å². The van der Waals surface area contributed by atoms with E-state index < -0.39 is 22.8 Å². The zero-order valence-corrected chi connectivity index (χ0v) is 17.6. The molecule has 0 aromatic carbocycles. The van der Waals surface area contributed by atoms with E-state index in [2.05, 4.69) is 13.6 Å². The summed E-state index contributed by atoms with van der Waals surface area (Å²) in [5.41, 5.74) is 0. The minimum Gasteiger partial charge on any atom is -0.779 e. The molecule has 9 nitrogen and oxygen atoms in total. The van der Waals surface area contributed by atoms with Crippen LogP contribution >= 0.6 is 22.8 Å². The Bertz CT molecular complexity index is 315. The van der Waals surface area contributed by atoms with E-state index in [1.54, 1.807) is 20.8 Å². The zero-order chi connectivity index (χ0) is 17.7. The summed E-state index contributed by atoms with van der Waals surface area (Å²) < 4.78 is 42.8. The van der Waals surface area contributed by atoms with Crippen molar-refractivity contribution in [3.63, 3.8) is 0 Å². The van der Waals surface area contributed by atoms with Crippen molar-refractivity contribution >= 4 is 40.1 Å². The van der Waals surface area contributed by atoms with Gasteiger partial charge >= 0.3 is 17.4 Å². The Morgan fingerprint density at radius 1 is 0.636 bits per heavy atom. The second-order valence-corrected chi connectivity index (χ2v) is 8.97. The first kappa shape index (κ1) is 30.8. The van der Waals surface area contributed by atoms with Gasteiger partial charge in [-0.05, 0) is 20.8 Å². The fourth-order valence-electron chi connectivity index (χ4n) is 0.704. The normalized spacial score (nSPS) is 17.9. The van der Waals surface area contributed by atoms with Crippen LogP contribution in [0.4, 0.5) is 0 Å². The summed E-state index contributed by atoms with van der Waals surface area (Å²) in [6.45, 7) is 8.76. The van der Waals surface area contributed by atoms with Gasteiger partial charge in [-0.15, -0.1) is 0 Å². The molecule has 13 heteroatoms. The van der Waals surface area contributed by atoms with Crippen LogP contribution < -0.4 is 14.7 Å². The number of rotatable bonds is 6. The van der Waals surface area contributed by atoms with Gasteiger partial charge in [0.25, 0.3) is 0 Å². The molecular weight excluding hydrogens is 372 g/mol. The molecule has 0 saturated heterocycles. The van der Waals surface area contributed by atoms with Crippen LogP contribution in [0.3, 0.4) is 0 Å². The maximum Gasteiger partial charge on any atom is 3.00 e. The topological polar surface area (TPSA) is 148 Å². The number of hydrogen-bond donors (Lipinski definition) is 0. The Hall–Kier alpha value is 0.982. The summed E-state index contributed by atoms with van der Waals surface area (Å²) in [5, 5.41) is 0. The number of hydrogen-bond acceptors (Lipinski definition) is 9. The first-order chi connectivity index (χ1) is 9.18. The van der Waals surface area contributed by atoms with Crippen molar-refractivity contribution in [3.05, 3.63) is 0 Å². The van der Waals surface area contributed by atoms with Crippen molar-refractivity contribution in [2.45, 2.75) is 20.8 Å². The summed E-state index contributed by atoms with van der Waals surface area (Å²) in [6.07, 6.45) is 0. The fourth-order valence-corrected chi connectivity index (χ4v) is 2.11. The molecule has 3 atom stereocenters. The predicted octanol–water partition coefficient (Wildman–Crippen LogP) is 0.238. The van der Waals surface area contributed by atoms with Crippen LogP contribution in [0.15, 0.2) is 0 Å². The Morgan fingerprint density at radius 2 is 0.773 bits per heavy atom. The Balaban J connectivity index is -0.000000108. The average molecular weight is 396 g/mol. The van der Waals surface area contributed by atoms with Gasteiger partial charge in [-0.3, -0.25) is 0 Å². The van der Waals surface area contributed by atoms with Crippen molar-refractivity contribution < 1.29 is 41.9 Å². The third-order valence-electron chi connectivity index (χ3n) is 1.09. The van der Waals surface area contributed by atoms with Crippen molar-refractivity contribution in [1.82, 2.24) is 0 Å². The van der Waals surface area contributed by atoms with E-state index in [0.29, 0.717) is 0 Å². The molecule has 0 spiro atoms. The first-order valence-corrected chi connectivity index (χ1v) is 11.9. The molecule has 3 unspecified atom stereocenters. The van der Waals surface area contributed by atoms with Crippen LogP contribution in [0.5, 0.6) is 0 Å². The maximum atomic E-state index is 10.0. The Labute approximate surface area is 143 Å². The van der Waals surface area contributed by atoms with Crippen LogP contribution in [0.25, 0.3) is 0 Å². The molecule has 132 valence electrons. The summed E-state index contributed by atoms with van der Waals surface area (Å²) in [7, 11) is -10.2. The quantitative estimate of drug-likeness (QED) is 0.454. The Kier molecular flexibility index (Phi) is 21.7.